The summed E-state index contributed by atoms with van der Waals surface area (Å²) in [5.41, 5.74) is 3.96. The quantitative estimate of drug-likeness (QED) is 0.131. The molecule has 0 spiro atoms. The summed E-state index contributed by atoms with van der Waals surface area (Å²) in [7, 11) is -2.61. The first kappa shape index (κ1) is 39.2. The summed E-state index contributed by atoms with van der Waals surface area (Å²) in [6.45, 7) is 11.8. The summed E-state index contributed by atoms with van der Waals surface area (Å²) in [6, 6.07) is 15.2. The average molecular weight is 810 g/mol. The van der Waals surface area contributed by atoms with E-state index in [-0.39, 0.29) is 16.0 Å². The van der Waals surface area contributed by atoms with Gasteiger partial charge in [-0.15, -0.1) is 10.2 Å². The number of rotatable bonds is 11. The molecule has 1 aliphatic heterocycles. The van der Waals surface area contributed by atoms with Crippen LogP contribution in [0.5, 0.6) is 0 Å². The number of hydrogen-bond acceptors (Lipinski definition) is 14. The van der Waals surface area contributed by atoms with Gasteiger partial charge in [0.25, 0.3) is 15.9 Å². The Morgan fingerprint density at radius 3 is 2.39 bits per heavy atom. The first-order valence-corrected chi connectivity index (χ1v) is 20.6. The number of hydrogen-bond donors (Lipinski definition) is 3. The zero-order valence-corrected chi connectivity index (χ0v) is 34.0. The number of thiazole rings is 1. The molecule has 296 valence electrons. The predicted octanol–water partition coefficient (Wildman–Crippen LogP) is 6.33. The van der Waals surface area contributed by atoms with E-state index in [0.29, 0.717) is 66.2 Å². The highest BCUT2D eigenvalue weighted by Crippen LogP contribution is 2.33. The summed E-state index contributed by atoms with van der Waals surface area (Å²) in [4.78, 5) is 43.5. The fourth-order valence-corrected chi connectivity index (χ4v) is 8.36. The molecule has 5 aromatic heterocycles. The topological polar surface area (TPSA) is 201 Å². The number of carbonyl (C=O) groups is 2. The number of nitrogens with zero attached hydrogens (tertiary/aromatic N) is 9. The highest BCUT2D eigenvalue weighted by molar-refractivity contribution is 7.90. The number of pyridine rings is 2. The molecule has 57 heavy (non-hydrogen) atoms. The molecule has 7 rings (SSSR count). The molecule has 0 unspecified atom stereocenters. The molecular formula is C39H43N11O5S2. The lowest BCUT2D eigenvalue weighted by molar-refractivity contribution is -0.142. The lowest BCUT2D eigenvalue weighted by atomic mass is 9.97. The number of benzene rings is 1. The maximum atomic E-state index is 14.1. The van der Waals surface area contributed by atoms with Gasteiger partial charge in [0.2, 0.25) is 0 Å². The molecule has 0 atom stereocenters. The van der Waals surface area contributed by atoms with E-state index in [4.69, 9.17) is 4.98 Å². The number of sulfonamides is 1. The van der Waals surface area contributed by atoms with Gasteiger partial charge in [-0.3, -0.25) is 14.3 Å². The number of carbonyl (C=O) groups excluding carboxylic acids is 1. The van der Waals surface area contributed by atoms with Gasteiger partial charge in [0.1, 0.15) is 21.9 Å². The molecule has 3 N–H and O–H groups in total. The van der Waals surface area contributed by atoms with Crippen LogP contribution in [0.25, 0.3) is 21.5 Å². The zero-order valence-electron chi connectivity index (χ0n) is 32.4. The second-order valence-electron chi connectivity index (χ2n) is 15.2. The number of nitrogens with one attached hydrogen (secondary N) is 2. The van der Waals surface area contributed by atoms with E-state index in [1.165, 1.54) is 23.5 Å². The number of carboxylic acid groups (broad SMARTS) is 1. The van der Waals surface area contributed by atoms with Crippen molar-refractivity contribution in [2.24, 2.45) is 11.3 Å². The Morgan fingerprint density at radius 2 is 1.72 bits per heavy atom. The van der Waals surface area contributed by atoms with Gasteiger partial charge in [-0.1, -0.05) is 32.1 Å². The van der Waals surface area contributed by atoms with E-state index >= 15 is 0 Å². The number of aliphatic carboxylic acids is 1. The first-order valence-electron chi connectivity index (χ1n) is 18.3. The molecule has 16 nitrogen and oxygen atoms in total. The van der Waals surface area contributed by atoms with Gasteiger partial charge in [-0.2, -0.15) is 5.10 Å². The first-order chi connectivity index (χ1) is 27.1. The maximum Gasteiger partial charge on any atom is 0.306 e. The number of amides is 1. The normalized spacial score (nSPS) is 13.8. The van der Waals surface area contributed by atoms with E-state index in [1.807, 2.05) is 41.6 Å². The Balaban J connectivity index is 1.16. The highest BCUT2D eigenvalue weighted by atomic mass is 32.2. The Bertz CT molecular complexity index is 2540. The largest absolute Gasteiger partial charge is 0.481 e. The third kappa shape index (κ3) is 8.56. The Kier molecular flexibility index (Phi) is 10.7. The van der Waals surface area contributed by atoms with Crippen LogP contribution in [0.4, 0.5) is 28.3 Å². The monoisotopic (exact) mass is 809 g/mol. The summed E-state index contributed by atoms with van der Waals surface area (Å²) < 4.78 is 31.5. The molecule has 1 fully saturated rings. The lowest BCUT2D eigenvalue weighted by Crippen LogP contribution is -2.36. The molecule has 18 heteroatoms. The molecule has 1 saturated heterocycles. The molecule has 1 aliphatic rings. The van der Waals surface area contributed by atoms with Crippen LogP contribution in [0.15, 0.2) is 71.9 Å². The molecule has 0 radical (unpaired) electrons. The van der Waals surface area contributed by atoms with Crippen molar-refractivity contribution in [1.82, 2.24) is 39.7 Å². The maximum absolute atomic E-state index is 14.1. The van der Waals surface area contributed by atoms with Crippen LogP contribution in [-0.2, 0) is 21.4 Å². The van der Waals surface area contributed by atoms with Gasteiger partial charge in [-0.25, -0.2) is 28.1 Å². The van der Waals surface area contributed by atoms with Crippen LogP contribution in [-0.4, -0.2) is 80.5 Å². The molecule has 6 aromatic rings. The second kappa shape index (κ2) is 15.5. The van der Waals surface area contributed by atoms with Crippen LogP contribution in [0.3, 0.4) is 0 Å². The van der Waals surface area contributed by atoms with Crippen LogP contribution in [0, 0.1) is 25.2 Å². The molecule has 0 saturated carbocycles. The molecule has 1 aromatic carbocycles. The van der Waals surface area contributed by atoms with Gasteiger partial charge < -0.3 is 20.2 Å². The molecule has 0 aliphatic carbocycles. The Labute approximate surface area is 334 Å². The molecule has 1 amide bonds. The smallest absolute Gasteiger partial charge is 0.306 e. The summed E-state index contributed by atoms with van der Waals surface area (Å²) in [5, 5.41) is 26.6. The number of aryl methyl sites for hydroxylation is 1. The Morgan fingerprint density at radius 1 is 0.982 bits per heavy atom. The van der Waals surface area contributed by atoms with Gasteiger partial charge in [0.15, 0.2) is 16.8 Å². The predicted molar refractivity (Wildman–Crippen MR) is 219 cm³/mol. The van der Waals surface area contributed by atoms with E-state index in [1.54, 1.807) is 48.6 Å². The van der Waals surface area contributed by atoms with Crippen molar-refractivity contribution >= 4 is 71.9 Å². The van der Waals surface area contributed by atoms with Crippen LogP contribution < -0.4 is 19.8 Å². The minimum atomic E-state index is -4.34. The third-order valence-corrected chi connectivity index (χ3v) is 12.0. The second-order valence-corrected chi connectivity index (χ2v) is 17.9. The number of fused-ring (bicyclic) bond motifs is 1. The van der Waals surface area contributed by atoms with Crippen molar-refractivity contribution in [3.8, 4) is 11.1 Å². The molecule has 6 heterocycles. The minimum Gasteiger partial charge on any atom is -0.481 e. The van der Waals surface area contributed by atoms with Gasteiger partial charge in [-0.05, 0) is 92.3 Å². The fraction of sp³-hybridized carbons (Fsp3) is 0.333. The van der Waals surface area contributed by atoms with Crippen LogP contribution in [0.1, 0.15) is 55.4 Å². The zero-order chi connectivity index (χ0) is 40.6. The minimum absolute atomic E-state index is 0.0760. The van der Waals surface area contributed by atoms with E-state index in [2.05, 4.69) is 56.1 Å². The van der Waals surface area contributed by atoms with Crippen molar-refractivity contribution < 1.29 is 23.1 Å². The number of carboxylic acids is 1. The van der Waals surface area contributed by atoms with E-state index < -0.39 is 27.8 Å². The molecular weight excluding hydrogens is 767 g/mol. The summed E-state index contributed by atoms with van der Waals surface area (Å²) >= 11 is 1.40. The summed E-state index contributed by atoms with van der Waals surface area (Å²) in [6.07, 6.45) is 4.38. The lowest BCUT2D eigenvalue weighted by Gasteiger charge is -2.32. The SMILES string of the molecule is Cc1cc(N(C)c2ccc(-c3cnn(CC(C)(C)C)c3C)c(C(=O)NS(=O)(=O)c3ccc(N4CCC(C(=O)O)CC4)cc3)n2)nnc1Nc1nc2cccnc2s1. The van der Waals surface area contributed by atoms with Crippen molar-refractivity contribution in [3.05, 3.63) is 83.9 Å². The van der Waals surface area contributed by atoms with Crippen molar-refractivity contribution in [3.63, 3.8) is 0 Å². The van der Waals surface area contributed by atoms with Crippen LogP contribution >= 0.6 is 11.3 Å². The third-order valence-electron chi connectivity index (χ3n) is 9.75. The van der Waals surface area contributed by atoms with Crippen LogP contribution in [0.2, 0.25) is 0 Å². The van der Waals surface area contributed by atoms with Crippen molar-refractivity contribution in [2.45, 2.75) is 58.9 Å². The number of piperidine rings is 1. The van der Waals surface area contributed by atoms with Gasteiger partial charge in [0.05, 0.1) is 17.0 Å². The van der Waals surface area contributed by atoms with E-state index in [0.717, 1.165) is 27.3 Å². The Hall–Kier alpha value is -6.01. The molecule has 0 bridgehead atoms. The average Bonchev–Trinajstić information content (AvgIpc) is 3.76. The van der Waals surface area contributed by atoms with E-state index in [9.17, 15) is 23.1 Å². The number of anilines is 5. The van der Waals surface area contributed by atoms with Gasteiger partial charge in [0, 0.05) is 55.4 Å². The highest BCUT2D eigenvalue weighted by Gasteiger charge is 2.28. The van der Waals surface area contributed by atoms with Crippen molar-refractivity contribution in [2.75, 3.05) is 35.3 Å². The van der Waals surface area contributed by atoms with Gasteiger partial charge >= 0.3 is 5.97 Å². The summed E-state index contributed by atoms with van der Waals surface area (Å²) in [5.74, 6) is -0.846. The fourth-order valence-electron chi connectivity index (χ4n) is 6.60. The standard InChI is InChI=1S/C39H43N11O5S2/c1-23-20-32(45-46-34(23)44-38-42-30-8-7-17-40-36(30)56-38)48(6)31-14-13-28(29-21-41-50(24(29)2)22-39(3,4)5)33(43-31)35(51)47-57(54,55)27-11-9-26(10-12-27)49-18-15-25(16-19-49)37(52)53/h7-14,17,20-21,25H,15-16,18-19,22H2,1-6H3,(H,47,51)(H,52,53)(H,42,44,46). The van der Waals surface area contributed by atoms with Crippen molar-refractivity contribution in [1.29, 1.82) is 0 Å². The number of aromatic nitrogens is 7.